The molecule has 1 N–H and O–H groups in total. The molecule has 104 valence electrons. The maximum Gasteiger partial charge on any atom is 0.143 e. The standard InChI is InChI=1S/C18H16N2O/c1-12-7-9-16(13(2)11-12)19-20-18-15-6-4-3-5-14(15)8-10-17(18)21/h3-11,21H,1-2H3/i3D,4D,5D,6D,8D,10D. The van der Waals surface area contributed by atoms with E-state index in [1.807, 2.05) is 26.0 Å². The molecule has 0 aliphatic rings. The Balaban J connectivity index is 2.37. The molecule has 0 bridgehead atoms. The lowest BCUT2D eigenvalue weighted by molar-refractivity contribution is 0.477. The SMILES string of the molecule is [2H]c1c([2H])c([2H])c2c(N=Nc3ccc(C)cc3C)c(O)c([2H])c([2H])c2c1[2H]. The third kappa shape index (κ3) is 2.63. The van der Waals surface area contributed by atoms with Crippen molar-refractivity contribution in [3.05, 3.63) is 65.6 Å². The Morgan fingerprint density at radius 3 is 2.62 bits per heavy atom. The minimum absolute atomic E-state index is 0.131. The zero-order chi connectivity index (χ0) is 20.0. The first-order chi connectivity index (χ1) is 12.6. The molecular weight excluding hydrogens is 260 g/mol. The van der Waals surface area contributed by atoms with Crippen LogP contribution in [0.1, 0.15) is 19.4 Å². The molecule has 3 nitrogen and oxygen atoms in total. The summed E-state index contributed by atoms with van der Waals surface area (Å²) < 4.78 is 47.8. The number of aromatic hydroxyl groups is 1. The first-order valence-corrected chi connectivity index (χ1v) is 6.36. The number of phenolic OH excluding ortho intramolecular Hbond substituents is 1. The van der Waals surface area contributed by atoms with Crippen LogP contribution in [0.15, 0.2) is 64.7 Å². The monoisotopic (exact) mass is 282 g/mol. The van der Waals surface area contributed by atoms with Crippen LogP contribution >= 0.6 is 0 Å². The van der Waals surface area contributed by atoms with Crippen LogP contribution in [0.3, 0.4) is 0 Å². The van der Waals surface area contributed by atoms with Gasteiger partial charge in [0, 0.05) is 5.39 Å². The molecule has 0 radical (unpaired) electrons. The van der Waals surface area contributed by atoms with E-state index in [-0.39, 0.29) is 16.5 Å². The molecule has 0 spiro atoms. The number of benzene rings is 3. The highest BCUT2D eigenvalue weighted by molar-refractivity contribution is 5.95. The van der Waals surface area contributed by atoms with Gasteiger partial charge in [0.15, 0.2) is 0 Å². The number of hydrogen-bond acceptors (Lipinski definition) is 3. The zero-order valence-corrected chi connectivity index (χ0v) is 11.6. The van der Waals surface area contributed by atoms with Gasteiger partial charge in [0.1, 0.15) is 11.4 Å². The third-order valence-corrected chi connectivity index (χ3v) is 3.06. The summed E-state index contributed by atoms with van der Waals surface area (Å²) >= 11 is 0. The van der Waals surface area contributed by atoms with Gasteiger partial charge in [0.2, 0.25) is 0 Å². The molecule has 0 fully saturated rings. The van der Waals surface area contributed by atoms with Gasteiger partial charge < -0.3 is 5.11 Å². The van der Waals surface area contributed by atoms with Crippen LogP contribution in [0.4, 0.5) is 11.4 Å². The first-order valence-electron chi connectivity index (χ1n) is 9.36. The summed E-state index contributed by atoms with van der Waals surface area (Å²) in [6, 6.07) is 2.52. The molecule has 0 unspecified atom stereocenters. The van der Waals surface area contributed by atoms with Gasteiger partial charge in [-0.05, 0) is 36.9 Å². The summed E-state index contributed by atoms with van der Waals surface area (Å²) in [5.41, 5.74) is 2.15. The van der Waals surface area contributed by atoms with E-state index in [1.54, 1.807) is 6.07 Å². The average molecular weight is 282 g/mol. The molecule has 3 heteroatoms. The molecule has 0 atom stereocenters. The Kier molecular flexibility index (Phi) is 2.03. The topological polar surface area (TPSA) is 45.0 Å². The van der Waals surface area contributed by atoms with E-state index in [0.29, 0.717) is 5.69 Å². The molecule has 0 aromatic heterocycles. The normalized spacial score (nSPS) is 15.3. The van der Waals surface area contributed by atoms with Gasteiger partial charge >= 0.3 is 0 Å². The number of hydrogen-bond donors (Lipinski definition) is 1. The zero-order valence-electron chi connectivity index (χ0n) is 17.6. The molecule has 3 rings (SSSR count). The molecule has 0 saturated heterocycles. The highest BCUT2D eigenvalue weighted by Crippen LogP contribution is 2.36. The number of azo groups is 1. The van der Waals surface area contributed by atoms with Gasteiger partial charge in [-0.15, -0.1) is 5.11 Å². The Hall–Kier alpha value is -2.68. The molecule has 0 heterocycles. The second kappa shape index (κ2) is 5.37. The summed E-state index contributed by atoms with van der Waals surface area (Å²) in [7, 11) is 0. The predicted molar refractivity (Wildman–Crippen MR) is 85.7 cm³/mol. The number of fused-ring (bicyclic) bond motifs is 1. The second-order valence-electron chi connectivity index (χ2n) is 4.69. The number of nitrogens with zero attached hydrogens (tertiary/aromatic N) is 2. The molecular formula is C18H16N2O. The molecule has 0 aliphatic carbocycles. The molecule has 0 aliphatic heterocycles. The minimum atomic E-state index is -0.647. The van der Waals surface area contributed by atoms with Crippen LogP contribution in [0.2, 0.25) is 0 Å². The van der Waals surface area contributed by atoms with Crippen molar-refractivity contribution in [2.24, 2.45) is 10.2 Å². The van der Waals surface area contributed by atoms with E-state index < -0.39 is 42.0 Å². The summed E-state index contributed by atoms with van der Waals surface area (Å²) in [5, 5.41) is 18.1. The van der Waals surface area contributed by atoms with Crippen molar-refractivity contribution >= 4 is 22.1 Å². The number of rotatable bonds is 2. The average Bonchev–Trinajstić information content (AvgIpc) is 2.63. The van der Waals surface area contributed by atoms with Crippen LogP contribution < -0.4 is 0 Å². The lowest BCUT2D eigenvalue weighted by atomic mass is 10.1. The second-order valence-corrected chi connectivity index (χ2v) is 4.69. The Morgan fingerprint density at radius 1 is 1.00 bits per heavy atom. The number of phenols is 1. The van der Waals surface area contributed by atoms with E-state index in [9.17, 15) is 5.11 Å². The van der Waals surface area contributed by atoms with Crippen LogP contribution in [0.25, 0.3) is 10.8 Å². The predicted octanol–water partition coefficient (Wildman–Crippen LogP) is 5.58. The maximum atomic E-state index is 10.3. The van der Waals surface area contributed by atoms with Crippen molar-refractivity contribution in [1.29, 1.82) is 0 Å². The van der Waals surface area contributed by atoms with Gasteiger partial charge in [-0.25, -0.2) is 0 Å². The summed E-state index contributed by atoms with van der Waals surface area (Å²) in [5.74, 6) is -0.647. The van der Waals surface area contributed by atoms with Gasteiger partial charge in [0.05, 0.1) is 13.9 Å². The smallest absolute Gasteiger partial charge is 0.143 e. The summed E-state index contributed by atoms with van der Waals surface area (Å²) in [4.78, 5) is 0. The minimum Gasteiger partial charge on any atom is -0.506 e. The van der Waals surface area contributed by atoms with Crippen LogP contribution in [0.5, 0.6) is 5.75 Å². The van der Waals surface area contributed by atoms with Crippen molar-refractivity contribution in [2.45, 2.75) is 13.8 Å². The Labute approximate surface area is 132 Å². The van der Waals surface area contributed by atoms with Gasteiger partial charge in [-0.3, -0.25) is 0 Å². The lowest BCUT2D eigenvalue weighted by Gasteiger charge is -2.04. The van der Waals surface area contributed by atoms with Crippen molar-refractivity contribution in [3.8, 4) is 5.75 Å². The van der Waals surface area contributed by atoms with Crippen molar-refractivity contribution in [3.63, 3.8) is 0 Å². The van der Waals surface area contributed by atoms with Gasteiger partial charge in [-0.1, -0.05) is 47.9 Å². The fourth-order valence-electron chi connectivity index (χ4n) is 2.00. The van der Waals surface area contributed by atoms with Crippen LogP contribution in [-0.4, -0.2) is 5.11 Å². The highest BCUT2D eigenvalue weighted by Gasteiger charge is 2.06. The van der Waals surface area contributed by atoms with Crippen LogP contribution in [-0.2, 0) is 0 Å². The fourth-order valence-corrected chi connectivity index (χ4v) is 2.00. The van der Waals surface area contributed by atoms with Gasteiger partial charge in [-0.2, -0.15) is 5.11 Å². The lowest BCUT2D eigenvalue weighted by Crippen LogP contribution is -1.77. The quantitative estimate of drug-likeness (QED) is 0.613. The molecule has 0 saturated carbocycles. The van der Waals surface area contributed by atoms with Gasteiger partial charge in [0.25, 0.3) is 0 Å². The van der Waals surface area contributed by atoms with Crippen molar-refractivity contribution in [1.82, 2.24) is 0 Å². The molecule has 3 aromatic rings. The molecule has 0 amide bonds. The Morgan fingerprint density at radius 2 is 1.81 bits per heavy atom. The van der Waals surface area contributed by atoms with E-state index in [4.69, 9.17) is 8.22 Å². The third-order valence-electron chi connectivity index (χ3n) is 3.06. The van der Waals surface area contributed by atoms with E-state index in [2.05, 4.69) is 10.2 Å². The van der Waals surface area contributed by atoms with E-state index in [1.165, 1.54) is 0 Å². The van der Waals surface area contributed by atoms with Crippen LogP contribution in [0, 0.1) is 13.8 Å². The van der Waals surface area contributed by atoms with Crippen molar-refractivity contribution < 1.29 is 13.3 Å². The summed E-state index contributed by atoms with van der Waals surface area (Å²) in [6.45, 7) is 3.77. The largest absolute Gasteiger partial charge is 0.506 e. The first kappa shape index (κ1) is 7.93. The maximum absolute atomic E-state index is 10.3. The Bertz CT molecular complexity index is 1120. The van der Waals surface area contributed by atoms with E-state index in [0.717, 1.165) is 11.1 Å². The van der Waals surface area contributed by atoms with Crippen molar-refractivity contribution in [2.75, 3.05) is 0 Å². The summed E-state index contributed by atoms with van der Waals surface area (Å²) in [6.07, 6.45) is 0. The molecule has 21 heavy (non-hydrogen) atoms. The highest BCUT2D eigenvalue weighted by atomic mass is 16.3. The fraction of sp³-hybridized carbons (Fsp3) is 0.111. The number of aryl methyl sites for hydroxylation is 2. The van der Waals surface area contributed by atoms with E-state index >= 15 is 0 Å². The molecule has 3 aromatic carbocycles.